The van der Waals surface area contributed by atoms with Gasteiger partial charge in [0.1, 0.15) is 0 Å². The highest BCUT2D eigenvalue weighted by atomic mass is 19.1. The van der Waals surface area contributed by atoms with Crippen LogP contribution >= 0.6 is 0 Å². The second kappa shape index (κ2) is 5.20. The number of carboxylic acid groups (broad SMARTS) is 1. The predicted molar refractivity (Wildman–Crippen MR) is 48.3 cm³/mol. The molecule has 0 aromatic heterocycles. The fourth-order valence-electron chi connectivity index (χ4n) is 1.98. The topological polar surface area (TPSA) is 37.3 Å². The SMILES string of the molecule is O=C(O)C(F)C1CCCCCCC1. The van der Waals surface area contributed by atoms with E-state index in [1.54, 1.807) is 0 Å². The number of alkyl halides is 1. The van der Waals surface area contributed by atoms with Crippen LogP contribution in [0.25, 0.3) is 0 Å². The zero-order chi connectivity index (χ0) is 9.68. The Bertz CT molecular complexity index is 162. The fraction of sp³-hybridized carbons (Fsp3) is 0.900. The van der Waals surface area contributed by atoms with E-state index in [4.69, 9.17) is 5.11 Å². The average Bonchev–Trinajstić information content (AvgIpc) is 2.02. The third-order valence-electron chi connectivity index (χ3n) is 2.80. The summed E-state index contributed by atoms with van der Waals surface area (Å²) in [5.74, 6) is -1.52. The highest BCUT2D eigenvalue weighted by Gasteiger charge is 2.27. The molecular formula is C10H17FO2. The molecule has 0 aliphatic heterocycles. The van der Waals surface area contributed by atoms with Crippen LogP contribution in [0.3, 0.4) is 0 Å². The summed E-state index contributed by atoms with van der Waals surface area (Å²) in [6.07, 6.45) is 5.29. The van der Waals surface area contributed by atoms with Crippen LogP contribution in [0.1, 0.15) is 44.9 Å². The molecule has 1 atom stereocenters. The van der Waals surface area contributed by atoms with Crippen molar-refractivity contribution in [2.75, 3.05) is 0 Å². The normalized spacial score (nSPS) is 23.2. The predicted octanol–water partition coefficient (Wildman–Crippen LogP) is 2.77. The molecule has 0 amide bonds. The summed E-state index contributed by atoms with van der Waals surface area (Å²) < 4.78 is 13.1. The molecule has 1 aliphatic rings. The monoisotopic (exact) mass is 188 g/mol. The lowest BCUT2D eigenvalue weighted by atomic mass is 9.88. The molecule has 1 rings (SSSR count). The quantitative estimate of drug-likeness (QED) is 0.723. The van der Waals surface area contributed by atoms with Gasteiger partial charge in [0.2, 0.25) is 0 Å². The van der Waals surface area contributed by atoms with Crippen LogP contribution in [0.15, 0.2) is 0 Å². The molecule has 0 aromatic rings. The Hall–Kier alpha value is -0.600. The Kier molecular flexibility index (Phi) is 4.19. The van der Waals surface area contributed by atoms with Gasteiger partial charge in [-0.25, -0.2) is 9.18 Å². The molecule has 1 aliphatic carbocycles. The summed E-state index contributed by atoms with van der Waals surface area (Å²) in [5, 5.41) is 8.52. The number of rotatable bonds is 2. The number of halogens is 1. The Balaban J connectivity index is 2.40. The van der Waals surface area contributed by atoms with Crippen molar-refractivity contribution in [3.8, 4) is 0 Å². The van der Waals surface area contributed by atoms with Crippen LogP contribution in [0.2, 0.25) is 0 Å². The van der Waals surface area contributed by atoms with Crippen molar-refractivity contribution in [2.24, 2.45) is 5.92 Å². The van der Waals surface area contributed by atoms with Crippen molar-refractivity contribution in [3.05, 3.63) is 0 Å². The number of aliphatic carboxylic acids is 1. The van der Waals surface area contributed by atoms with Crippen molar-refractivity contribution >= 4 is 5.97 Å². The van der Waals surface area contributed by atoms with E-state index in [0.717, 1.165) is 38.5 Å². The lowest BCUT2D eigenvalue weighted by molar-refractivity contribution is -0.145. The number of hydrogen-bond acceptors (Lipinski definition) is 1. The molecule has 1 fully saturated rings. The Morgan fingerprint density at radius 1 is 1.15 bits per heavy atom. The Morgan fingerprint density at radius 3 is 2.08 bits per heavy atom. The highest BCUT2D eigenvalue weighted by Crippen LogP contribution is 2.26. The summed E-state index contributed by atoms with van der Waals surface area (Å²) in [6, 6.07) is 0. The van der Waals surface area contributed by atoms with Gasteiger partial charge in [-0.1, -0.05) is 32.1 Å². The van der Waals surface area contributed by atoms with E-state index in [9.17, 15) is 9.18 Å². The van der Waals surface area contributed by atoms with Crippen molar-refractivity contribution < 1.29 is 14.3 Å². The molecule has 3 heteroatoms. The van der Waals surface area contributed by atoms with Gasteiger partial charge in [0, 0.05) is 5.92 Å². The molecule has 1 N–H and O–H groups in total. The molecule has 76 valence electrons. The summed E-state index contributed by atoms with van der Waals surface area (Å²) in [7, 11) is 0. The van der Waals surface area contributed by atoms with Gasteiger partial charge in [-0.2, -0.15) is 0 Å². The van der Waals surface area contributed by atoms with Gasteiger partial charge in [0.25, 0.3) is 0 Å². The maximum atomic E-state index is 13.1. The maximum absolute atomic E-state index is 13.1. The van der Waals surface area contributed by atoms with Gasteiger partial charge in [0.15, 0.2) is 6.17 Å². The summed E-state index contributed by atoms with van der Waals surface area (Å²) in [4.78, 5) is 10.4. The lowest BCUT2D eigenvalue weighted by Gasteiger charge is -2.20. The number of carbonyl (C=O) groups is 1. The minimum Gasteiger partial charge on any atom is -0.479 e. The van der Waals surface area contributed by atoms with Crippen molar-refractivity contribution in [1.29, 1.82) is 0 Å². The largest absolute Gasteiger partial charge is 0.479 e. The van der Waals surface area contributed by atoms with Crippen LogP contribution in [-0.2, 0) is 4.79 Å². The molecule has 13 heavy (non-hydrogen) atoms. The third kappa shape index (κ3) is 3.33. The molecule has 0 bridgehead atoms. The molecule has 1 unspecified atom stereocenters. The summed E-state index contributed by atoms with van der Waals surface area (Å²) >= 11 is 0. The first-order valence-electron chi connectivity index (χ1n) is 5.08. The molecule has 0 radical (unpaired) electrons. The van der Waals surface area contributed by atoms with E-state index in [1.807, 2.05) is 0 Å². The summed E-state index contributed by atoms with van der Waals surface area (Å²) in [5.41, 5.74) is 0. The van der Waals surface area contributed by atoms with Gasteiger partial charge in [0.05, 0.1) is 0 Å². The van der Waals surface area contributed by atoms with Crippen molar-refractivity contribution in [2.45, 2.75) is 51.1 Å². The first-order valence-corrected chi connectivity index (χ1v) is 5.08. The summed E-state index contributed by atoms with van der Waals surface area (Å²) in [6.45, 7) is 0. The molecule has 0 saturated heterocycles. The minimum atomic E-state index is -1.64. The van der Waals surface area contributed by atoms with Crippen LogP contribution in [0.4, 0.5) is 4.39 Å². The van der Waals surface area contributed by atoms with Gasteiger partial charge in [-0.15, -0.1) is 0 Å². The van der Waals surface area contributed by atoms with Crippen LogP contribution < -0.4 is 0 Å². The maximum Gasteiger partial charge on any atom is 0.338 e. The van der Waals surface area contributed by atoms with E-state index in [-0.39, 0.29) is 5.92 Å². The van der Waals surface area contributed by atoms with Gasteiger partial charge < -0.3 is 5.11 Å². The minimum absolute atomic E-state index is 0.238. The van der Waals surface area contributed by atoms with Crippen LogP contribution in [0, 0.1) is 5.92 Å². The zero-order valence-electron chi connectivity index (χ0n) is 7.84. The average molecular weight is 188 g/mol. The molecular weight excluding hydrogens is 171 g/mol. The smallest absolute Gasteiger partial charge is 0.338 e. The second-order valence-corrected chi connectivity index (χ2v) is 3.85. The Labute approximate surface area is 78.1 Å². The van der Waals surface area contributed by atoms with Crippen molar-refractivity contribution in [1.82, 2.24) is 0 Å². The third-order valence-corrected chi connectivity index (χ3v) is 2.80. The van der Waals surface area contributed by atoms with Crippen LogP contribution in [-0.4, -0.2) is 17.2 Å². The standard InChI is InChI=1S/C10H17FO2/c11-9(10(12)13)8-6-4-2-1-3-5-7-8/h8-9H,1-7H2,(H,12,13). The first-order chi connectivity index (χ1) is 6.22. The van der Waals surface area contributed by atoms with Gasteiger partial charge in [-0.05, 0) is 12.8 Å². The highest BCUT2D eigenvalue weighted by molar-refractivity contribution is 5.72. The lowest BCUT2D eigenvalue weighted by Crippen LogP contribution is -2.25. The molecule has 0 heterocycles. The van der Waals surface area contributed by atoms with Gasteiger partial charge >= 0.3 is 5.97 Å². The molecule has 0 aromatic carbocycles. The number of hydrogen-bond donors (Lipinski definition) is 1. The van der Waals surface area contributed by atoms with Gasteiger partial charge in [-0.3, -0.25) is 0 Å². The molecule has 2 nitrogen and oxygen atoms in total. The van der Waals surface area contributed by atoms with E-state index < -0.39 is 12.1 Å². The first kappa shape index (κ1) is 10.5. The molecule has 1 saturated carbocycles. The van der Waals surface area contributed by atoms with Crippen molar-refractivity contribution in [3.63, 3.8) is 0 Å². The second-order valence-electron chi connectivity index (χ2n) is 3.85. The van der Waals surface area contributed by atoms with E-state index >= 15 is 0 Å². The fourth-order valence-corrected chi connectivity index (χ4v) is 1.98. The van der Waals surface area contributed by atoms with Crippen LogP contribution in [0.5, 0.6) is 0 Å². The van der Waals surface area contributed by atoms with E-state index in [1.165, 1.54) is 6.42 Å². The zero-order valence-corrected chi connectivity index (χ0v) is 7.84. The molecule has 0 spiro atoms. The number of carboxylic acids is 1. The van der Waals surface area contributed by atoms with E-state index in [0.29, 0.717) is 0 Å². The van der Waals surface area contributed by atoms with E-state index in [2.05, 4.69) is 0 Å². The Morgan fingerprint density at radius 2 is 1.62 bits per heavy atom.